The fraction of sp³-hybridized carbons (Fsp3) is 0.167. The van der Waals surface area contributed by atoms with Gasteiger partial charge in [-0.05, 0) is 69.0 Å². The van der Waals surface area contributed by atoms with Gasteiger partial charge in [0.15, 0.2) is 0 Å². The Labute approximate surface area is 138 Å². The van der Waals surface area contributed by atoms with Crippen molar-refractivity contribution >= 4 is 64.6 Å². The van der Waals surface area contributed by atoms with Crippen molar-refractivity contribution in [1.82, 2.24) is 0 Å². The Hall–Kier alpha value is -0.570. The molecular weight excluding hydrogens is 428 g/mol. The second-order valence-corrected chi connectivity index (χ2v) is 9.66. The van der Waals surface area contributed by atoms with Crippen molar-refractivity contribution < 1.29 is 8.42 Å². The van der Waals surface area contributed by atoms with E-state index in [4.69, 9.17) is 5.73 Å². The van der Waals surface area contributed by atoms with Crippen molar-refractivity contribution in [2.45, 2.75) is 18.7 Å². The molecule has 3 N–H and O–H groups in total. The zero-order valence-corrected chi connectivity index (χ0v) is 15.5. The highest BCUT2D eigenvalue weighted by Gasteiger charge is 2.21. The molecule has 0 fully saturated rings. The van der Waals surface area contributed by atoms with Crippen molar-refractivity contribution in [3.05, 3.63) is 36.9 Å². The van der Waals surface area contributed by atoms with Crippen LogP contribution in [-0.2, 0) is 10.0 Å². The second kappa shape index (κ2) is 5.67. The van der Waals surface area contributed by atoms with Gasteiger partial charge in [0.25, 0.3) is 10.0 Å². The number of hydrogen-bond donors (Lipinski definition) is 2. The minimum absolute atomic E-state index is 0.202. The smallest absolute Gasteiger partial charge is 0.263 e. The molecule has 0 aliphatic carbocycles. The molecular formula is C12H12Br2N2O2S2. The fourth-order valence-corrected chi connectivity index (χ4v) is 6.62. The van der Waals surface area contributed by atoms with E-state index in [2.05, 4.69) is 36.6 Å². The predicted molar refractivity (Wildman–Crippen MR) is 90.9 cm³/mol. The molecule has 2 rings (SSSR count). The van der Waals surface area contributed by atoms with Crippen LogP contribution in [-0.4, -0.2) is 8.42 Å². The van der Waals surface area contributed by atoms with Crippen molar-refractivity contribution in [1.29, 1.82) is 0 Å². The fourth-order valence-electron chi connectivity index (χ4n) is 1.68. The normalized spacial score (nSPS) is 11.6. The lowest BCUT2D eigenvalue weighted by atomic mass is 10.1. The highest BCUT2D eigenvalue weighted by Crippen LogP contribution is 2.36. The molecule has 1 aromatic carbocycles. The van der Waals surface area contributed by atoms with Crippen LogP contribution in [0.2, 0.25) is 0 Å². The summed E-state index contributed by atoms with van der Waals surface area (Å²) in [5, 5.41) is 0. The van der Waals surface area contributed by atoms with Crippen LogP contribution in [0, 0.1) is 13.8 Å². The van der Waals surface area contributed by atoms with Gasteiger partial charge in [0.05, 0.1) is 13.3 Å². The summed E-state index contributed by atoms with van der Waals surface area (Å²) in [6.07, 6.45) is 0. The standard InChI is InChI=1S/C12H12Br2N2O2S2/c1-6-3-4-8(7(2)11(6)15)16-20(17,18)9-5-10(13)19-12(9)14/h3-5,16H,15H2,1-2H3. The number of halogens is 2. The van der Waals surface area contributed by atoms with Gasteiger partial charge < -0.3 is 5.73 Å². The van der Waals surface area contributed by atoms with Gasteiger partial charge in [0.2, 0.25) is 0 Å². The first-order chi connectivity index (χ1) is 9.22. The van der Waals surface area contributed by atoms with Gasteiger partial charge in [0.1, 0.15) is 4.90 Å². The van der Waals surface area contributed by atoms with Crippen LogP contribution in [0.25, 0.3) is 0 Å². The topological polar surface area (TPSA) is 72.2 Å². The van der Waals surface area contributed by atoms with Gasteiger partial charge in [0, 0.05) is 5.69 Å². The van der Waals surface area contributed by atoms with E-state index in [9.17, 15) is 8.42 Å². The number of rotatable bonds is 3. The van der Waals surface area contributed by atoms with E-state index in [-0.39, 0.29) is 4.90 Å². The molecule has 0 atom stereocenters. The van der Waals surface area contributed by atoms with Crippen molar-refractivity contribution in [3.8, 4) is 0 Å². The molecule has 0 unspecified atom stereocenters. The third kappa shape index (κ3) is 3.03. The van der Waals surface area contributed by atoms with Crippen LogP contribution < -0.4 is 10.5 Å². The number of nitrogens with one attached hydrogen (secondary N) is 1. The highest BCUT2D eigenvalue weighted by atomic mass is 79.9. The number of nitrogen functional groups attached to an aromatic ring is 1. The van der Waals surface area contributed by atoms with E-state index in [0.717, 1.165) is 14.9 Å². The van der Waals surface area contributed by atoms with Crippen LogP contribution in [0.3, 0.4) is 0 Å². The molecule has 2 aromatic rings. The summed E-state index contributed by atoms with van der Waals surface area (Å²) in [5.74, 6) is 0. The average Bonchev–Trinajstić information content (AvgIpc) is 2.70. The SMILES string of the molecule is Cc1ccc(NS(=O)(=O)c2cc(Br)sc2Br)c(C)c1N. The zero-order chi connectivity index (χ0) is 15.1. The highest BCUT2D eigenvalue weighted by molar-refractivity contribution is 9.12. The molecule has 0 aliphatic rings. The van der Waals surface area contributed by atoms with Gasteiger partial charge in [-0.1, -0.05) is 6.07 Å². The molecule has 0 saturated heterocycles. The van der Waals surface area contributed by atoms with E-state index >= 15 is 0 Å². The van der Waals surface area contributed by atoms with Gasteiger partial charge in [-0.2, -0.15) is 0 Å². The van der Waals surface area contributed by atoms with Gasteiger partial charge in [-0.15, -0.1) is 11.3 Å². The maximum Gasteiger partial charge on any atom is 0.263 e. The number of thiophene rings is 1. The maximum atomic E-state index is 12.4. The van der Waals surface area contributed by atoms with Gasteiger partial charge in [-0.25, -0.2) is 8.42 Å². The number of benzene rings is 1. The van der Waals surface area contributed by atoms with E-state index in [1.807, 2.05) is 6.92 Å². The minimum atomic E-state index is -3.65. The Kier molecular flexibility index (Phi) is 4.48. The summed E-state index contributed by atoms with van der Waals surface area (Å²) < 4.78 is 28.6. The summed E-state index contributed by atoms with van der Waals surface area (Å²) in [5.41, 5.74) is 8.65. The summed E-state index contributed by atoms with van der Waals surface area (Å²) in [4.78, 5) is 0.202. The van der Waals surface area contributed by atoms with E-state index < -0.39 is 10.0 Å². The van der Waals surface area contributed by atoms with Crippen molar-refractivity contribution in [2.24, 2.45) is 0 Å². The molecule has 8 heteroatoms. The molecule has 108 valence electrons. The largest absolute Gasteiger partial charge is 0.398 e. The molecule has 0 amide bonds. The third-order valence-electron chi connectivity index (χ3n) is 2.89. The Morgan fingerprint density at radius 2 is 1.90 bits per heavy atom. The van der Waals surface area contributed by atoms with Crippen LogP contribution in [0.4, 0.5) is 11.4 Å². The molecule has 4 nitrogen and oxygen atoms in total. The zero-order valence-electron chi connectivity index (χ0n) is 10.7. The second-order valence-electron chi connectivity index (χ2n) is 4.26. The first-order valence-electron chi connectivity index (χ1n) is 5.55. The van der Waals surface area contributed by atoms with Gasteiger partial charge >= 0.3 is 0 Å². The van der Waals surface area contributed by atoms with E-state index in [0.29, 0.717) is 15.2 Å². The van der Waals surface area contributed by atoms with E-state index in [1.54, 1.807) is 25.1 Å². The molecule has 1 aromatic heterocycles. The maximum absolute atomic E-state index is 12.4. The molecule has 0 aliphatic heterocycles. The number of anilines is 2. The molecule has 0 saturated carbocycles. The van der Waals surface area contributed by atoms with Crippen LogP contribution in [0.5, 0.6) is 0 Å². The Bertz CT molecular complexity index is 770. The first-order valence-corrected chi connectivity index (χ1v) is 9.44. The summed E-state index contributed by atoms with van der Waals surface area (Å²) in [6.45, 7) is 3.67. The number of nitrogens with two attached hydrogens (primary N) is 1. The molecule has 1 heterocycles. The molecule has 0 spiro atoms. The van der Waals surface area contributed by atoms with Crippen LogP contribution in [0.15, 0.2) is 30.7 Å². The monoisotopic (exact) mass is 438 g/mol. The lowest BCUT2D eigenvalue weighted by Gasteiger charge is -2.13. The quantitative estimate of drug-likeness (QED) is 0.701. The van der Waals surface area contributed by atoms with Crippen LogP contribution >= 0.6 is 43.2 Å². The lowest BCUT2D eigenvalue weighted by molar-refractivity contribution is 0.601. The van der Waals surface area contributed by atoms with Crippen LogP contribution in [0.1, 0.15) is 11.1 Å². The average molecular weight is 440 g/mol. The predicted octanol–water partition coefficient (Wildman–Crippen LogP) is 4.27. The summed E-state index contributed by atoms with van der Waals surface area (Å²) in [7, 11) is -3.65. The van der Waals surface area contributed by atoms with E-state index in [1.165, 1.54) is 11.3 Å². The third-order valence-corrected chi connectivity index (χ3v) is 7.01. The Morgan fingerprint density at radius 1 is 1.25 bits per heavy atom. The lowest BCUT2D eigenvalue weighted by Crippen LogP contribution is -2.14. The first kappa shape index (κ1) is 15.8. The number of aryl methyl sites for hydroxylation is 1. The van der Waals surface area contributed by atoms with Crippen molar-refractivity contribution in [2.75, 3.05) is 10.5 Å². The molecule has 0 bridgehead atoms. The molecule has 0 radical (unpaired) electrons. The summed E-state index contributed by atoms with van der Waals surface area (Å²) >= 11 is 7.83. The van der Waals surface area contributed by atoms with Gasteiger partial charge in [-0.3, -0.25) is 4.72 Å². The Morgan fingerprint density at radius 3 is 2.45 bits per heavy atom. The molecule has 20 heavy (non-hydrogen) atoms. The minimum Gasteiger partial charge on any atom is -0.398 e. The number of hydrogen-bond acceptors (Lipinski definition) is 4. The number of sulfonamides is 1. The summed E-state index contributed by atoms with van der Waals surface area (Å²) in [6, 6.07) is 5.07. The Balaban J connectivity index is 2.44. The van der Waals surface area contributed by atoms with Crippen molar-refractivity contribution in [3.63, 3.8) is 0 Å².